The smallest absolute Gasteiger partial charge is 0.225 e. The van der Waals surface area contributed by atoms with Crippen LogP contribution in [0.25, 0.3) is 0 Å². The molecule has 0 aromatic heterocycles. The van der Waals surface area contributed by atoms with E-state index in [1.807, 2.05) is 11.0 Å². The fraction of sp³-hybridized carbons (Fsp3) is 0.652. The van der Waals surface area contributed by atoms with Crippen molar-refractivity contribution in [2.45, 2.75) is 39.0 Å². The van der Waals surface area contributed by atoms with Crippen LogP contribution in [0.5, 0.6) is 0 Å². The van der Waals surface area contributed by atoms with Gasteiger partial charge in [0.1, 0.15) is 0 Å². The zero-order valence-electron chi connectivity index (χ0n) is 17.5. The molecule has 1 aromatic rings. The van der Waals surface area contributed by atoms with Crippen LogP contribution >= 0.6 is 0 Å². The third-order valence-corrected chi connectivity index (χ3v) is 6.32. The van der Waals surface area contributed by atoms with Crippen LogP contribution in [0.15, 0.2) is 30.3 Å². The van der Waals surface area contributed by atoms with Gasteiger partial charge in [0, 0.05) is 45.6 Å². The van der Waals surface area contributed by atoms with E-state index in [-0.39, 0.29) is 11.8 Å². The summed E-state index contributed by atoms with van der Waals surface area (Å²) in [5.41, 5.74) is 1.28. The molecule has 0 spiro atoms. The number of benzene rings is 1. The van der Waals surface area contributed by atoms with Gasteiger partial charge in [0.2, 0.25) is 11.8 Å². The predicted octanol–water partition coefficient (Wildman–Crippen LogP) is 2.66. The van der Waals surface area contributed by atoms with Crippen molar-refractivity contribution in [3.05, 3.63) is 35.9 Å². The number of likely N-dealkylation sites (tertiary alicyclic amines) is 2. The van der Waals surface area contributed by atoms with Gasteiger partial charge in [-0.05, 0) is 57.2 Å². The Hall–Kier alpha value is -1.88. The monoisotopic (exact) mass is 385 g/mol. The summed E-state index contributed by atoms with van der Waals surface area (Å²) >= 11 is 0. The van der Waals surface area contributed by atoms with E-state index in [2.05, 4.69) is 41.1 Å². The molecular formula is C23H35N3O2. The summed E-state index contributed by atoms with van der Waals surface area (Å²) in [5, 5.41) is 0. The fourth-order valence-corrected chi connectivity index (χ4v) is 4.63. The van der Waals surface area contributed by atoms with Crippen molar-refractivity contribution in [1.29, 1.82) is 0 Å². The second-order valence-electron chi connectivity index (χ2n) is 8.57. The van der Waals surface area contributed by atoms with Gasteiger partial charge in [0.15, 0.2) is 0 Å². The van der Waals surface area contributed by atoms with Crippen molar-refractivity contribution in [3.8, 4) is 0 Å². The summed E-state index contributed by atoms with van der Waals surface area (Å²) in [5.74, 6) is 1.05. The lowest BCUT2D eigenvalue weighted by molar-refractivity contribution is -0.140. The van der Waals surface area contributed by atoms with E-state index < -0.39 is 0 Å². The van der Waals surface area contributed by atoms with Crippen molar-refractivity contribution in [1.82, 2.24) is 14.7 Å². The van der Waals surface area contributed by atoms with Gasteiger partial charge in [-0.3, -0.25) is 9.59 Å². The molecule has 1 aromatic carbocycles. The summed E-state index contributed by atoms with van der Waals surface area (Å²) < 4.78 is 0. The van der Waals surface area contributed by atoms with Crippen molar-refractivity contribution in [2.75, 3.05) is 46.3 Å². The zero-order valence-corrected chi connectivity index (χ0v) is 17.5. The quantitative estimate of drug-likeness (QED) is 0.756. The summed E-state index contributed by atoms with van der Waals surface area (Å²) in [6.07, 6.45) is 4.93. The topological polar surface area (TPSA) is 43.9 Å². The summed E-state index contributed by atoms with van der Waals surface area (Å²) in [7, 11) is 2.18. The predicted molar refractivity (Wildman–Crippen MR) is 112 cm³/mol. The number of nitrogens with zero attached hydrogens (tertiary/aromatic N) is 3. The molecule has 0 saturated carbocycles. The standard InChI is InChI=1S/C23H35N3O2/c1-19(27)25-15-11-22(12-16-25)23(28)26(14-10-20-7-4-3-5-8-20)18-21-9-6-13-24(2)17-21/h3-5,7-8,21-22H,6,9-18H2,1-2H3/t21-/m0/s1. The number of carbonyl (C=O) groups excluding carboxylic acids is 2. The molecule has 2 heterocycles. The van der Waals surface area contributed by atoms with E-state index in [4.69, 9.17) is 0 Å². The van der Waals surface area contributed by atoms with Crippen LogP contribution in [0.4, 0.5) is 0 Å². The van der Waals surface area contributed by atoms with Crippen molar-refractivity contribution in [3.63, 3.8) is 0 Å². The van der Waals surface area contributed by atoms with Crippen LogP contribution in [-0.4, -0.2) is 72.8 Å². The molecule has 0 aliphatic carbocycles. The first kappa shape index (κ1) is 20.8. The molecule has 2 aliphatic heterocycles. The average molecular weight is 386 g/mol. The zero-order chi connectivity index (χ0) is 19.9. The SMILES string of the molecule is CC(=O)N1CCC(C(=O)N(CCc2ccccc2)C[C@H]2CCCN(C)C2)CC1. The van der Waals surface area contributed by atoms with Crippen LogP contribution in [0, 0.1) is 11.8 Å². The Bertz CT molecular complexity index is 641. The Morgan fingerprint density at radius 1 is 1.07 bits per heavy atom. The number of piperidine rings is 2. The highest BCUT2D eigenvalue weighted by Gasteiger charge is 2.31. The summed E-state index contributed by atoms with van der Waals surface area (Å²) in [6, 6.07) is 10.4. The Morgan fingerprint density at radius 2 is 1.79 bits per heavy atom. The van der Waals surface area contributed by atoms with Gasteiger partial charge in [-0.15, -0.1) is 0 Å². The maximum absolute atomic E-state index is 13.4. The molecule has 5 nitrogen and oxygen atoms in total. The van der Waals surface area contributed by atoms with Crippen LogP contribution in [-0.2, 0) is 16.0 Å². The van der Waals surface area contributed by atoms with E-state index in [1.165, 1.54) is 18.4 Å². The lowest BCUT2D eigenvalue weighted by Crippen LogP contribution is -2.47. The number of hydrogen-bond acceptors (Lipinski definition) is 3. The Balaban J connectivity index is 1.62. The van der Waals surface area contributed by atoms with Crippen LogP contribution in [0.3, 0.4) is 0 Å². The lowest BCUT2D eigenvalue weighted by atomic mass is 9.93. The molecular weight excluding hydrogens is 350 g/mol. The molecule has 5 heteroatoms. The molecule has 2 fully saturated rings. The van der Waals surface area contributed by atoms with Crippen molar-refractivity contribution < 1.29 is 9.59 Å². The lowest BCUT2D eigenvalue weighted by Gasteiger charge is -2.37. The fourth-order valence-electron chi connectivity index (χ4n) is 4.63. The average Bonchev–Trinajstić information content (AvgIpc) is 2.71. The van der Waals surface area contributed by atoms with E-state index in [0.717, 1.165) is 45.4 Å². The minimum atomic E-state index is 0.0627. The second kappa shape index (κ2) is 10.1. The number of rotatable bonds is 6. The van der Waals surface area contributed by atoms with E-state index in [9.17, 15) is 9.59 Å². The summed E-state index contributed by atoms with van der Waals surface area (Å²) in [4.78, 5) is 31.3. The third kappa shape index (κ3) is 5.81. The maximum atomic E-state index is 13.4. The second-order valence-corrected chi connectivity index (χ2v) is 8.57. The number of amides is 2. The Morgan fingerprint density at radius 3 is 2.43 bits per heavy atom. The van der Waals surface area contributed by atoms with E-state index >= 15 is 0 Å². The molecule has 0 bridgehead atoms. The van der Waals surface area contributed by atoms with Gasteiger partial charge < -0.3 is 14.7 Å². The first-order valence-corrected chi connectivity index (χ1v) is 10.8. The molecule has 0 radical (unpaired) electrons. The van der Waals surface area contributed by atoms with Gasteiger partial charge in [-0.2, -0.15) is 0 Å². The molecule has 2 amide bonds. The van der Waals surface area contributed by atoms with E-state index in [1.54, 1.807) is 6.92 Å². The van der Waals surface area contributed by atoms with Crippen LogP contribution < -0.4 is 0 Å². The normalized spacial score (nSPS) is 21.5. The Kier molecular flexibility index (Phi) is 7.49. The molecule has 2 saturated heterocycles. The van der Waals surface area contributed by atoms with Crippen molar-refractivity contribution in [2.24, 2.45) is 11.8 Å². The highest BCUT2D eigenvalue weighted by molar-refractivity contribution is 5.79. The van der Waals surface area contributed by atoms with Gasteiger partial charge >= 0.3 is 0 Å². The molecule has 154 valence electrons. The van der Waals surface area contributed by atoms with E-state index in [0.29, 0.717) is 24.9 Å². The van der Waals surface area contributed by atoms with Gasteiger partial charge in [-0.1, -0.05) is 30.3 Å². The molecule has 28 heavy (non-hydrogen) atoms. The molecule has 0 unspecified atom stereocenters. The number of hydrogen-bond donors (Lipinski definition) is 0. The first-order valence-electron chi connectivity index (χ1n) is 10.8. The molecule has 3 rings (SSSR count). The largest absolute Gasteiger partial charge is 0.343 e. The highest BCUT2D eigenvalue weighted by atomic mass is 16.2. The maximum Gasteiger partial charge on any atom is 0.225 e. The summed E-state index contributed by atoms with van der Waals surface area (Å²) in [6.45, 7) is 6.94. The third-order valence-electron chi connectivity index (χ3n) is 6.32. The van der Waals surface area contributed by atoms with Crippen LogP contribution in [0.2, 0.25) is 0 Å². The minimum Gasteiger partial charge on any atom is -0.343 e. The Labute approximate surface area is 169 Å². The minimum absolute atomic E-state index is 0.0627. The first-order chi connectivity index (χ1) is 13.5. The number of carbonyl (C=O) groups is 2. The molecule has 1 atom stereocenters. The van der Waals surface area contributed by atoms with Crippen LogP contribution in [0.1, 0.15) is 38.2 Å². The highest BCUT2D eigenvalue weighted by Crippen LogP contribution is 2.23. The molecule has 0 N–H and O–H groups in total. The van der Waals surface area contributed by atoms with Crippen molar-refractivity contribution >= 4 is 11.8 Å². The molecule has 2 aliphatic rings. The van der Waals surface area contributed by atoms with Gasteiger partial charge in [0.25, 0.3) is 0 Å². The van der Waals surface area contributed by atoms with Gasteiger partial charge in [0.05, 0.1) is 0 Å². The van der Waals surface area contributed by atoms with Gasteiger partial charge in [-0.25, -0.2) is 0 Å².